The summed E-state index contributed by atoms with van der Waals surface area (Å²) < 4.78 is 0. The number of hydrogen-bond donors (Lipinski definition) is 1. The molecule has 0 amide bonds. The summed E-state index contributed by atoms with van der Waals surface area (Å²) in [6.07, 6.45) is 3.25. The van der Waals surface area contributed by atoms with E-state index in [4.69, 9.17) is 9.68 Å². The van der Waals surface area contributed by atoms with Crippen molar-refractivity contribution in [2.45, 2.75) is 143 Å². The molecule has 4 unspecified atom stereocenters. The van der Waals surface area contributed by atoms with E-state index in [0.29, 0.717) is 5.92 Å². The van der Waals surface area contributed by atoms with E-state index in [1.54, 1.807) is 0 Å². The van der Waals surface area contributed by atoms with E-state index in [1.807, 2.05) is 24.3 Å². The SMILES string of the molecule is CC(ON(C(c1ccccc1)C(C)C)C(C)(C)C)c1ccccc1.CCC1(CC)CC(O)CC(C)(C)N1OC(C)c1ccccc1. The normalized spacial score (nSPS) is 20.1. The van der Waals surface area contributed by atoms with Crippen molar-refractivity contribution in [1.82, 2.24) is 10.1 Å². The third kappa shape index (κ3) is 9.74. The molecule has 254 valence electrons. The number of benzene rings is 3. The van der Waals surface area contributed by atoms with Crippen LogP contribution in [0.5, 0.6) is 0 Å². The van der Waals surface area contributed by atoms with Crippen LogP contribution >= 0.6 is 0 Å². The summed E-state index contributed by atoms with van der Waals surface area (Å²) in [4.78, 5) is 13.0. The minimum Gasteiger partial charge on any atom is -0.393 e. The summed E-state index contributed by atoms with van der Waals surface area (Å²) in [5.74, 6) is 0.439. The zero-order chi connectivity index (χ0) is 34.1. The standard InChI is InChI=1S/C22H31NO.C19H31NO2/c1-17(2)21(20-15-11-8-12-16-20)23(22(4,5)6)24-18(3)19-13-9-7-10-14-19;1-6-19(7-2)14-17(21)13-18(4,5)20(19)22-15(3)16-11-9-8-10-12-16/h7-18,21H,1-6H3;8-12,15,17,21H,6-7,13-14H2,1-5H3. The molecule has 1 aliphatic rings. The third-order valence-electron chi connectivity index (χ3n) is 9.41. The maximum absolute atomic E-state index is 10.3. The minimum absolute atomic E-state index is 0.00759. The van der Waals surface area contributed by atoms with Crippen LogP contribution in [0, 0.1) is 5.92 Å². The van der Waals surface area contributed by atoms with Gasteiger partial charge in [-0.3, -0.25) is 9.68 Å². The Kier molecular flexibility index (Phi) is 13.6. The van der Waals surface area contributed by atoms with Gasteiger partial charge in [0.05, 0.1) is 12.1 Å². The Morgan fingerprint density at radius 2 is 1.17 bits per heavy atom. The molecule has 3 aromatic carbocycles. The molecule has 0 aliphatic carbocycles. The molecular weight excluding hydrogens is 568 g/mol. The fraction of sp³-hybridized carbons (Fsp3) is 0.561. The highest BCUT2D eigenvalue weighted by Gasteiger charge is 2.50. The molecule has 4 rings (SSSR count). The lowest BCUT2D eigenvalue weighted by Crippen LogP contribution is -2.63. The van der Waals surface area contributed by atoms with Gasteiger partial charge in [-0.1, -0.05) is 119 Å². The molecule has 0 bridgehead atoms. The first-order valence-corrected chi connectivity index (χ1v) is 17.4. The first-order chi connectivity index (χ1) is 21.6. The monoisotopic (exact) mass is 630 g/mol. The van der Waals surface area contributed by atoms with E-state index in [0.717, 1.165) is 25.7 Å². The minimum atomic E-state index is -0.248. The van der Waals surface area contributed by atoms with Gasteiger partial charge in [-0.25, -0.2) is 0 Å². The average Bonchev–Trinajstić information content (AvgIpc) is 3.02. The molecule has 1 aliphatic heterocycles. The highest BCUT2D eigenvalue weighted by molar-refractivity contribution is 5.21. The smallest absolute Gasteiger partial charge is 0.102 e. The highest BCUT2D eigenvalue weighted by atomic mass is 16.7. The molecule has 1 N–H and O–H groups in total. The van der Waals surface area contributed by atoms with E-state index < -0.39 is 0 Å². The van der Waals surface area contributed by atoms with Crippen LogP contribution in [0.2, 0.25) is 0 Å². The topological polar surface area (TPSA) is 45.2 Å². The number of aliphatic hydroxyl groups excluding tert-OH is 1. The average molecular weight is 631 g/mol. The zero-order valence-corrected chi connectivity index (χ0v) is 30.5. The van der Waals surface area contributed by atoms with Gasteiger partial charge in [0.25, 0.3) is 0 Å². The van der Waals surface area contributed by atoms with Crippen molar-refractivity contribution in [1.29, 1.82) is 0 Å². The lowest BCUT2D eigenvalue weighted by molar-refractivity contribution is -0.323. The molecule has 5 heteroatoms. The second-order valence-electron chi connectivity index (χ2n) is 15.0. The second kappa shape index (κ2) is 16.5. The lowest BCUT2D eigenvalue weighted by atomic mass is 9.75. The second-order valence-corrected chi connectivity index (χ2v) is 15.0. The summed E-state index contributed by atoms with van der Waals surface area (Å²) in [7, 11) is 0. The molecular formula is C41H62N2O3. The van der Waals surface area contributed by atoms with E-state index in [1.165, 1.54) is 16.7 Å². The first kappa shape index (κ1) is 37.9. The van der Waals surface area contributed by atoms with Crippen molar-refractivity contribution in [2.24, 2.45) is 5.92 Å². The molecule has 1 fully saturated rings. The zero-order valence-electron chi connectivity index (χ0n) is 30.5. The summed E-state index contributed by atoms with van der Waals surface area (Å²) in [6, 6.07) is 31.6. The largest absolute Gasteiger partial charge is 0.393 e. The molecule has 1 saturated heterocycles. The Labute approximate surface area is 280 Å². The number of piperidine rings is 1. The van der Waals surface area contributed by atoms with E-state index in [-0.39, 0.29) is 41.0 Å². The van der Waals surface area contributed by atoms with E-state index in [9.17, 15) is 5.11 Å². The lowest BCUT2D eigenvalue weighted by Gasteiger charge is -2.56. The number of rotatable bonds is 11. The van der Waals surface area contributed by atoms with Gasteiger partial charge in [0, 0.05) is 16.6 Å². The van der Waals surface area contributed by atoms with Crippen molar-refractivity contribution in [3.05, 3.63) is 108 Å². The molecule has 0 radical (unpaired) electrons. The van der Waals surface area contributed by atoms with Crippen LogP contribution in [-0.2, 0) is 9.68 Å². The maximum Gasteiger partial charge on any atom is 0.102 e. The van der Waals surface area contributed by atoms with Crippen LogP contribution in [0.15, 0.2) is 91.0 Å². The molecule has 0 spiro atoms. The predicted molar refractivity (Wildman–Crippen MR) is 192 cm³/mol. The van der Waals surface area contributed by atoms with Gasteiger partial charge >= 0.3 is 0 Å². The van der Waals surface area contributed by atoms with Crippen molar-refractivity contribution in [3.63, 3.8) is 0 Å². The molecule has 4 atom stereocenters. The van der Waals surface area contributed by atoms with Gasteiger partial charge in [-0.05, 0) is 96.8 Å². The summed E-state index contributed by atoms with van der Waals surface area (Å²) in [5, 5.41) is 14.7. The molecule has 0 saturated carbocycles. The molecule has 0 aromatic heterocycles. The Morgan fingerprint density at radius 3 is 1.59 bits per heavy atom. The quantitative estimate of drug-likeness (QED) is 0.214. The van der Waals surface area contributed by atoms with Crippen LogP contribution in [-0.4, -0.2) is 38.0 Å². The van der Waals surface area contributed by atoms with Crippen LogP contribution in [0.25, 0.3) is 0 Å². The van der Waals surface area contributed by atoms with Crippen molar-refractivity contribution < 1.29 is 14.8 Å². The van der Waals surface area contributed by atoms with Gasteiger partial charge in [0.2, 0.25) is 0 Å². The van der Waals surface area contributed by atoms with E-state index >= 15 is 0 Å². The maximum atomic E-state index is 10.3. The third-order valence-corrected chi connectivity index (χ3v) is 9.41. The Hall–Kier alpha value is -2.54. The molecule has 3 aromatic rings. The molecule has 1 heterocycles. The fourth-order valence-corrected chi connectivity index (χ4v) is 6.96. The Bertz CT molecular complexity index is 1270. The highest BCUT2D eigenvalue weighted by Crippen LogP contribution is 2.44. The summed E-state index contributed by atoms with van der Waals surface area (Å²) >= 11 is 0. The van der Waals surface area contributed by atoms with Crippen molar-refractivity contribution in [2.75, 3.05) is 0 Å². The number of hydroxylamine groups is 4. The van der Waals surface area contributed by atoms with Gasteiger partial charge in [0.1, 0.15) is 12.2 Å². The number of hydrogen-bond acceptors (Lipinski definition) is 5. The molecule has 5 nitrogen and oxygen atoms in total. The van der Waals surface area contributed by atoms with Crippen LogP contribution in [0.4, 0.5) is 0 Å². The predicted octanol–water partition coefficient (Wildman–Crippen LogP) is 10.7. The summed E-state index contributed by atoms with van der Waals surface area (Å²) in [6.45, 7) is 24.1. The first-order valence-electron chi connectivity index (χ1n) is 17.4. The van der Waals surface area contributed by atoms with Gasteiger partial charge in [-0.2, -0.15) is 10.1 Å². The molecule has 46 heavy (non-hydrogen) atoms. The van der Waals surface area contributed by atoms with Crippen LogP contribution in [0.3, 0.4) is 0 Å². The Morgan fingerprint density at radius 1 is 0.739 bits per heavy atom. The van der Waals surface area contributed by atoms with Crippen LogP contribution in [0.1, 0.15) is 137 Å². The number of nitrogens with zero attached hydrogens (tertiary/aromatic N) is 2. The van der Waals surface area contributed by atoms with E-state index in [2.05, 4.69) is 153 Å². The van der Waals surface area contributed by atoms with Crippen LogP contribution < -0.4 is 0 Å². The fourth-order valence-electron chi connectivity index (χ4n) is 6.96. The van der Waals surface area contributed by atoms with Crippen molar-refractivity contribution in [3.8, 4) is 0 Å². The van der Waals surface area contributed by atoms with Gasteiger partial charge < -0.3 is 5.11 Å². The Balaban J connectivity index is 0.000000251. The van der Waals surface area contributed by atoms with Gasteiger partial charge in [-0.15, -0.1) is 0 Å². The summed E-state index contributed by atoms with van der Waals surface area (Å²) in [5.41, 5.74) is 3.31. The van der Waals surface area contributed by atoms with Crippen molar-refractivity contribution >= 4 is 0 Å². The van der Waals surface area contributed by atoms with Gasteiger partial charge in [0.15, 0.2) is 0 Å². The number of aliphatic hydroxyl groups is 1.